The van der Waals surface area contributed by atoms with Crippen molar-refractivity contribution in [3.8, 4) is 0 Å². The Morgan fingerprint density at radius 2 is 1.48 bits per heavy atom. The molecule has 0 saturated carbocycles. The van der Waals surface area contributed by atoms with Gasteiger partial charge in [-0.05, 0) is 28.7 Å². The van der Waals surface area contributed by atoms with Crippen LogP contribution in [0.15, 0.2) is 53.5 Å². The maximum Gasteiger partial charge on any atom is 0.101 e. The van der Waals surface area contributed by atoms with Gasteiger partial charge in [-0.3, -0.25) is 4.99 Å². The summed E-state index contributed by atoms with van der Waals surface area (Å²) < 4.78 is 0. The second-order valence-corrected chi connectivity index (χ2v) is 6.32. The zero-order chi connectivity index (χ0) is 13.8. The molecule has 0 amide bonds. The highest BCUT2D eigenvalue weighted by Gasteiger charge is 2.45. The Hall–Kier alpha value is -2.09. The molecule has 1 aliphatic heterocycles. The van der Waals surface area contributed by atoms with Gasteiger partial charge in [-0.1, -0.05) is 48.5 Å². The van der Waals surface area contributed by atoms with Crippen LogP contribution in [0.4, 0.5) is 0 Å². The lowest BCUT2D eigenvalue weighted by Gasteiger charge is -2.45. The molecule has 3 aliphatic carbocycles. The van der Waals surface area contributed by atoms with E-state index in [4.69, 9.17) is 4.99 Å². The van der Waals surface area contributed by atoms with Crippen LogP contribution in [0.5, 0.6) is 0 Å². The molecule has 2 aromatic carbocycles. The molecule has 0 saturated heterocycles. The number of hydrogen-bond acceptors (Lipinski definition) is 2. The van der Waals surface area contributed by atoms with Crippen molar-refractivity contribution in [2.24, 2.45) is 10.9 Å². The second-order valence-electron chi connectivity index (χ2n) is 6.32. The smallest absolute Gasteiger partial charge is 0.101 e. The van der Waals surface area contributed by atoms with Gasteiger partial charge in [-0.25, -0.2) is 0 Å². The van der Waals surface area contributed by atoms with Crippen molar-refractivity contribution in [2.45, 2.75) is 18.3 Å². The summed E-state index contributed by atoms with van der Waals surface area (Å²) in [5, 5.41) is 3.52. The van der Waals surface area contributed by atoms with Crippen LogP contribution in [-0.4, -0.2) is 18.9 Å². The van der Waals surface area contributed by atoms with Gasteiger partial charge >= 0.3 is 0 Å². The molecule has 1 heterocycles. The SMILES string of the molecule is c1ccc2c(c1)C1CC(C3=NCCN3)C2c2ccccc21. The van der Waals surface area contributed by atoms with E-state index in [-0.39, 0.29) is 0 Å². The van der Waals surface area contributed by atoms with E-state index in [1.54, 1.807) is 0 Å². The average Bonchev–Trinajstić information content (AvgIpc) is 3.09. The van der Waals surface area contributed by atoms with Gasteiger partial charge in [0.25, 0.3) is 0 Å². The summed E-state index contributed by atoms with van der Waals surface area (Å²) in [5.41, 5.74) is 6.12. The van der Waals surface area contributed by atoms with Crippen LogP contribution in [0.1, 0.15) is 40.5 Å². The standard InChI is InChI=1S/C19H18N2/c1-3-7-14-12(5-1)16-11-17(19-20-9-10-21-19)18(14)15-8-4-2-6-13(15)16/h1-8,16-18H,9-11H2,(H,20,21). The summed E-state index contributed by atoms with van der Waals surface area (Å²) in [6.07, 6.45) is 1.20. The topological polar surface area (TPSA) is 24.4 Å². The van der Waals surface area contributed by atoms with Gasteiger partial charge in [0.15, 0.2) is 0 Å². The van der Waals surface area contributed by atoms with E-state index in [2.05, 4.69) is 53.8 Å². The van der Waals surface area contributed by atoms with Gasteiger partial charge in [-0.15, -0.1) is 0 Å². The number of fused-ring (bicyclic) bond motifs is 1. The first-order valence-corrected chi connectivity index (χ1v) is 7.89. The predicted molar refractivity (Wildman–Crippen MR) is 85.0 cm³/mol. The summed E-state index contributed by atoms with van der Waals surface area (Å²) in [7, 11) is 0. The lowest BCUT2D eigenvalue weighted by Crippen LogP contribution is -2.40. The highest BCUT2D eigenvalue weighted by Crippen LogP contribution is 2.55. The molecule has 0 spiro atoms. The summed E-state index contributed by atoms with van der Waals surface area (Å²) in [6, 6.07) is 18.0. The molecule has 0 fully saturated rings. The maximum absolute atomic E-state index is 4.73. The van der Waals surface area contributed by atoms with Crippen LogP contribution in [0, 0.1) is 5.92 Å². The predicted octanol–water partition coefficient (Wildman–Crippen LogP) is 3.29. The van der Waals surface area contributed by atoms with E-state index >= 15 is 0 Å². The Kier molecular flexibility index (Phi) is 2.31. The molecule has 0 radical (unpaired) electrons. The molecule has 0 aromatic heterocycles. The molecule has 2 nitrogen and oxygen atoms in total. The number of amidine groups is 1. The number of nitrogens with one attached hydrogen (secondary N) is 1. The van der Waals surface area contributed by atoms with Crippen LogP contribution in [0.3, 0.4) is 0 Å². The molecule has 1 atom stereocenters. The highest BCUT2D eigenvalue weighted by molar-refractivity contribution is 5.88. The number of nitrogens with zero attached hydrogens (tertiary/aromatic N) is 1. The molecule has 2 heteroatoms. The van der Waals surface area contributed by atoms with E-state index in [0.29, 0.717) is 17.8 Å². The average molecular weight is 274 g/mol. The molecular formula is C19H18N2. The van der Waals surface area contributed by atoms with Crippen LogP contribution in [0.2, 0.25) is 0 Å². The Balaban J connectivity index is 1.74. The van der Waals surface area contributed by atoms with Gasteiger partial charge in [-0.2, -0.15) is 0 Å². The van der Waals surface area contributed by atoms with E-state index < -0.39 is 0 Å². The third kappa shape index (κ3) is 1.50. The Labute approximate surface area is 124 Å². The number of rotatable bonds is 1. The fraction of sp³-hybridized carbons (Fsp3) is 0.316. The van der Waals surface area contributed by atoms with Gasteiger partial charge in [0.1, 0.15) is 5.84 Å². The molecule has 6 rings (SSSR count). The summed E-state index contributed by atoms with van der Waals surface area (Å²) >= 11 is 0. The minimum atomic E-state index is 0.478. The van der Waals surface area contributed by atoms with E-state index in [0.717, 1.165) is 13.1 Å². The first-order valence-electron chi connectivity index (χ1n) is 7.89. The minimum Gasteiger partial charge on any atom is -0.372 e. The van der Waals surface area contributed by atoms with Crippen molar-refractivity contribution >= 4 is 5.84 Å². The first kappa shape index (κ1) is 11.6. The van der Waals surface area contributed by atoms with Crippen LogP contribution in [-0.2, 0) is 0 Å². The largest absolute Gasteiger partial charge is 0.372 e. The lowest BCUT2D eigenvalue weighted by molar-refractivity contribution is 0.440. The van der Waals surface area contributed by atoms with Crippen molar-refractivity contribution < 1.29 is 0 Å². The van der Waals surface area contributed by atoms with Gasteiger partial charge in [0, 0.05) is 24.3 Å². The summed E-state index contributed by atoms with van der Waals surface area (Å²) in [5.74, 6) is 2.79. The van der Waals surface area contributed by atoms with E-state index in [9.17, 15) is 0 Å². The Bertz CT molecular complexity index is 699. The molecule has 2 aromatic rings. The molecule has 1 unspecified atom stereocenters. The second kappa shape index (κ2) is 4.20. The van der Waals surface area contributed by atoms with Crippen molar-refractivity contribution in [3.05, 3.63) is 70.8 Å². The minimum absolute atomic E-state index is 0.478. The molecule has 104 valence electrons. The zero-order valence-corrected chi connectivity index (χ0v) is 11.9. The number of aliphatic imine (C=N–C) groups is 1. The van der Waals surface area contributed by atoms with Gasteiger partial charge < -0.3 is 5.32 Å². The monoisotopic (exact) mass is 274 g/mol. The van der Waals surface area contributed by atoms with Crippen LogP contribution < -0.4 is 5.32 Å². The molecular weight excluding hydrogens is 256 g/mol. The normalized spacial score (nSPS) is 28.6. The summed E-state index contributed by atoms with van der Waals surface area (Å²) in [6.45, 7) is 1.94. The van der Waals surface area contributed by atoms with Gasteiger partial charge in [0.2, 0.25) is 0 Å². The quantitative estimate of drug-likeness (QED) is 0.848. The fourth-order valence-corrected chi connectivity index (χ4v) is 4.57. The van der Waals surface area contributed by atoms with Crippen LogP contribution in [0.25, 0.3) is 0 Å². The number of hydrogen-bond donors (Lipinski definition) is 1. The van der Waals surface area contributed by atoms with Gasteiger partial charge in [0.05, 0.1) is 6.54 Å². The lowest BCUT2D eigenvalue weighted by atomic mass is 9.59. The molecule has 1 N–H and O–H groups in total. The third-order valence-electron chi connectivity index (χ3n) is 5.36. The van der Waals surface area contributed by atoms with E-state index in [1.807, 2.05) is 0 Å². The Morgan fingerprint density at radius 3 is 2.05 bits per heavy atom. The van der Waals surface area contributed by atoms with Crippen LogP contribution >= 0.6 is 0 Å². The highest BCUT2D eigenvalue weighted by atomic mass is 15.1. The summed E-state index contributed by atoms with van der Waals surface area (Å²) in [4.78, 5) is 4.73. The maximum atomic E-state index is 4.73. The fourth-order valence-electron chi connectivity index (χ4n) is 4.57. The number of benzene rings is 2. The van der Waals surface area contributed by atoms with Crippen molar-refractivity contribution in [1.29, 1.82) is 0 Å². The van der Waals surface area contributed by atoms with Crippen molar-refractivity contribution in [1.82, 2.24) is 5.32 Å². The van der Waals surface area contributed by atoms with Crippen molar-refractivity contribution in [3.63, 3.8) is 0 Å². The Morgan fingerprint density at radius 1 is 0.857 bits per heavy atom. The van der Waals surface area contributed by atoms with E-state index in [1.165, 1.54) is 34.5 Å². The van der Waals surface area contributed by atoms with Crippen molar-refractivity contribution in [2.75, 3.05) is 13.1 Å². The first-order chi connectivity index (χ1) is 10.4. The molecule has 4 aliphatic rings. The third-order valence-corrected chi connectivity index (χ3v) is 5.36. The molecule has 21 heavy (non-hydrogen) atoms. The zero-order valence-electron chi connectivity index (χ0n) is 11.9. The molecule has 2 bridgehead atoms.